The number of nitrogens with zero attached hydrogens (tertiary/aromatic N) is 1. The van der Waals surface area contributed by atoms with E-state index in [-0.39, 0.29) is 30.2 Å². The number of amides is 1. The number of rotatable bonds is 5. The van der Waals surface area contributed by atoms with Crippen molar-refractivity contribution in [2.75, 3.05) is 19.7 Å². The summed E-state index contributed by atoms with van der Waals surface area (Å²) in [6, 6.07) is -0.434. The maximum absolute atomic E-state index is 12.1. The fourth-order valence-corrected chi connectivity index (χ4v) is 2.30. The second-order valence-electron chi connectivity index (χ2n) is 4.77. The van der Waals surface area contributed by atoms with E-state index in [0.717, 1.165) is 19.3 Å². The number of likely N-dealkylation sites (tertiary alicyclic amines) is 1. The Labute approximate surface area is 121 Å². The quantitative estimate of drug-likeness (QED) is 0.776. The van der Waals surface area contributed by atoms with E-state index in [4.69, 9.17) is 10.5 Å². The normalized spacial score (nSPS) is 20.4. The predicted octanol–water partition coefficient (Wildman–Crippen LogP) is 1.34. The summed E-state index contributed by atoms with van der Waals surface area (Å²) in [7, 11) is 0. The van der Waals surface area contributed by atoms with Crippen LogP contribution in [0, 0.1) is 5.92 Å². The van der Waals surface area contributed by atoms with Crippen LogP contribution in [0.25, 0.3) is 0 Å². The summed E-state index contributed by atoms with van der Waals surface area (Å²) in [4.78, 5) is 25.4. The number of ether oxygens (including phenoxy) is 1. The number of hydrogen-bond donors (Lipinski definition) is 1. The molecule has 0 aromatic heterocycles. The fraction of sp³-hybridized carbons (Fsp3) is 0.846. The fourth-order valence-electron chi connectivity index (χ4n) is 2.30. The van der Waals surface area contributed by atoms with Crippen LogP contribution in [-0.4, -0.2) is 42.5 Å². The van der Waals surface area contributed by atoms with Crippen molar-refractivity contribution in [2.24, 2.45) is 11.7 Å². The highest BCUT2D eigenvalue weighted by Gasteiger charge is 2.30. The van der Waals surface area contributed by atoms with Crippen molar-refractivity contribution in [3.8, 4) is 0 Å². The number of nitrogens with two attached hydrogens (primary N) is 1. The summed E-state index contributed by atoms with van der Waals surface area (Å²) in [6.07, 6.45) is 3.22. The predicted molar refractivity (Wildman–Crippen MR) is 76.1 cm³/mol. The lowest BCUT2D eigenvalue weighted by molar-refractivity contribution is -0.151. The first-order valence-corrected chi connectivity index (χ1v) is 6.81. The van der Waals surface area contributed by atoms with Gasteiger partial charge in [-0.2, -0.15) is 0 Å². The zero-order chi connectivity index (χ0) is 13.5. The van der Waals surface area contributed by atoms with Gasteiger partial charge in [-0.1, -0.05) is 13.3 Å². The van der Waals surface area contributed by atoms with E-state index in [1.54, 1.807) is 11.8 Å². The number of halogens is 1. The highest BCUT2D eigenvalue weighted by molar-refractivity contribution is 5.85. The molecule has 1 aliphatic rings. The van der Waals surface area contributed by atoms with E-state index in [1.807, 2.05) is 6.92 Å². The summed E-state index contributed by atoms with van der Waals surface area (Å²) < 4.78 is 5.01. The molecule has 0 saturated carbocycles. The Morgan fingerprint density at radius 3 is 2.68 bits per heavy atom. The monoisotopic (exact) mass is 292 g/mol. The number of carbonyl (C=O) groups is 2. The Kier molecular flexibility index (Phi) is 8.76. The number of hydrogen-bond acceptors (Lipinski definition) is 4. The highest BCUT2D eigenvalue weighted by atomic mass is 35.5. The van der Waals surface area contributed by atoms with Crippen LogP contribution in [-0.2, 0) is 14.3 Å². The SMILES string of the molecule is CCCC(N)C(=O)N1CCCC(C(=O)OCC)C1.Cl. The molecule has 1 rings (SSSR count). The number of esters is 1. The average Bonchev–Trinajstić information content (AvgIpc) is 2.38. The zero-order valence-corrected chi connectivity index (χ0v) is 12.6. The first-order chi connectivity index (χ1) is 8.60. The first-order valence-electron chi connectivity index (χ1n) is 6.81. The molecular weight excluding hydrogens is 268 g/mol. The van der Waals surface area contributed by atoms with Crippen molar-refractivity contribution in [2.45, 2.75) is 45.6 Å². The van der Waals surface area contributed by atoms with E-state index in [9.17, 15) is 9.59 Å². The largest absolute Gasteiger partial charge is 0.466 e. The van der Waals surface area contributed by atoms with Gasteiger partial charge in [-0.25, -0.2) is 0 Å². The van der Waals surface area contributed by atoms with E-state index in [2.05, 4.69) is 0 Å². The molecule has 0 aliphatic carbocycles. The third-order valence-electron chi connectivity index (χ3n) is 3.27. The molecule has 1 heterocycles. The lowest BCUT2D eigenvalue weighted by atomic mass is 9.97. The lowest BCUT2D eigenvalue weighted by Crippen LogP contribution is -2.49. The average molecular weight is 293 g/mol. The van der Waals surface area contributed by atoms with Gasteiger partial charge in [0.15, 0.2) is 0 Å². The molecule has 0 aromatic carbocycles. The molecular formula is C13H25ClN2O3. The standard InChI is InChI=1S/C13H24N2O3.ClH/c1-3-6-11(14)12(16)15-8-5-7-10(9-15)13(17)18-4-2;/h10-11H,3-9,14H2,1-2H3;1H. The van der Waals surface area contributed by atoms with E-state index in [0.29, 0.717) is 26.1 Å². The van der Waals surface area contributed by atoms with E-state index >= 15 is 0 Å². The van der Waals surface area contributed by atoms with Crippen LogP contribution in [0.15, 0.2) is 0 Å². The van der Waals surface area contributed by atoms with Gasteiger partial charge in [0.25, 0.3) is 0 Å². The lowest BCUT2D eigenvalue weighted by Gasteiger charge is -2.33. The molecule has 0 bridgehead atoms. The summed E-state index contributed by atoms with van der Waals surface area (Å²) in [5.41, 5.74) is 5.83. The second-order valence-corrected chi connectivity index (χ2v) is 4.77. The van der Waals surface area contributed by atoms with Crippen LogP contribution < -0.4 is 5.73 Å². The van der Waals surface area contributed by atoms with Crippen molar-refractivity contribution >= 4 is 24.3 Å². The molecule has 2 unspecified atom stereocenters. The first kappa shape index (κ1) is 18.2. The zero-order valence-electron chi connectivity index (χ0n) is 11.8. The molecule has 1 saturated heterocycles. The van der Waals surface area contributed by atoms with Gasteiger partial charge >= 0.3 is 5.97 Å². The molecule has 0 aromatic rings. The summed E-state index contributed by atoms with van der Waals surface area (Å²) >= 11 is 0. The van der Waals surface area contributed by atoms with E-state index < -0.39 is 6.04 Å². The van der Waals surface area contributed by atoms with Gasteiger partial charge in [-0.15, -0.1) is 12.4 Å². The minimum atomic E-state index is -0.434. The maximum Gasteiger partial charge on any atom is 0.310 e. The Morgan fingerprint density at radius 2 is 2.11 bits per heavy atom. The maximum atomic E-state index is 12.1. The molecule has 2 atom stereocenters. The number of piperidine rings is 1. The van der Waals surface area contributed by atoms with Crippen molar-refractivity contribution < 1.29 is 14.3 Å². The molecule has 112 valence electrons. The van der Waals surface area contributed by atoms with Crippen LogP contribution in [0.4, 0.5) is 0 Å². The van der Waals surface area contributed by atoms with E-state index in [1.165, 1.54) is 0 Å². The molecule has 5 nitrogen and oxygen atoms in total. The number of carbonyl (C=O) groups excluding carboxylic acids is 2. The minimum Gasteiger partial charge on any atom is -0.466 e. The van der Waals surface area contributed by atoms with Crippen LogP contribution in [0.3, 0.4) is 0 Å². The molecule has 19 heavy (non-hydrogen) atoms. The van der Waals surface area contributed by atoms with Crippen molar-refractivity contribution in [3.63, 3.8) is 0 Å². The molecule has 0 radical (unpaired) electrons. The van der Waals surface area contributed by atoms with Crippen LogP contribution in [0.2, 0.25) is 0 Å². The van der Waals surface area contributed by atoms with Gasteiger partial charge in [0.1, 0.15) is 0 Å². The summed E-state index contributed by atoms with van der Waals surface area (Å²) in [5, 5.41) is 0. The van der Waals surface area contributed by atoms with Crippen LogP contribution in [0.5, 0.6) is 0 Å². The molecule has 1 fully saturated rings. The summed E-state index contributed by atoms with van der Waals surface area (Å²) in [5.74, 6) is -0.415. The van der Waals surface area contributed by atoms with Crippen LogP contribution in [0.1, 0.15) is 39.5 Å². The van der Waals surface area contributed by atoms with Gasteiger partial charge in [-0.3, -0.25) is 9.59 Å². The van der Waals surface area contributed by atoms with Crippen molar-refractivity contribution in [1.29, 1.82) is 0 Å². The van der Waals surface area contributed by atoms with Gasteiger partial charge < -0.3 is 15.4 Å². The van der Waals surface area contributed by atoms with Gasteiger partial charge in [-0.05, 0) is 26.2 Å². The molecule has 6 heteroatoms. The summed E-state index contributed by atoms with van der Waals surface area (Å²) in [6.45, 7) is 5.34. The van der Waals surface area contributed by atoms with Gasteiger partial charge in [0, 0.05) is 13.1 Å². The van der Waals surface area contributed by atoms with Gasteiger partial charge in [0.05, 0.1) is 18.6 Å². The molecule has 2 N–H and O–H groups in total. The Hall–Kier alpha value is -0.810. The van der Waals surface area contributed by atoms with Gasteiger partial charge in [0.2, 0.25) is 5.91 Å². The highest BCUT2D eigenvalue weighted by Crippen LogP contribution is 2.18. The Bertz CT molecular complexity index is 300. The Morgan fingerprint density at radius 1 is 1.42 bits per heavy atom. The molecule has 0 spiro atoms. The third-order valence-corrected chi connectivity index (χ3v) is 3.27. The molecule has 1 amide bonds. The van der Waals surface area contributed by atoms with Crippen molar-refractivity contribution in [1.82, 2.24) is 4.90 Å². The minimum absolute atomic E-state index is 0. The smallest absolute Gasteiger partial charge is 0.310 e. The third kappa shape index (κ3) is 5.37. The van der Waals surface area contributed by atoms with Crippen molar-refractivity contribution in [3.05, 3.63) is 0 Å². The molecule has 1 aliphatic heterocycles. The topological polar surface area (TPSA) is 72.6 Å². The van der Waals surface area contributed by atoms with Crippen LogP contribution >= 0.6 is 12.4 Å². The second kappa shape index (κ2) is 9.15. The Balaban J connectivity index is 0.00000324.